The number of aryl methyl sites for hydroxylation is 1. The molecule has 0 aliphatic rings. The number of benzene rings is 2. The van der Waals surface area contributed by atoms with Crippen LogP contribution >= 0.6 is 24.0 Å². The SMILES string of the molecule is Cc1cc(C(NC(=O)C(C)CN)c2ccccc2Cl)ccc1F.Cl. The summed E-state index contributed by atoms with van der Waals surface area (Å²) in [4.78, 5) is 12.3. The number of rotatable bonds is 5. The van der Waals surface area contributed by atoms with Crippen molar-refractivity contribution in [2.45, 2.75) is 19.9 Å². The van der Waals surface area contributed by atoms with E-state index in [1.165, 1.54) is 6.07 Å². The molecule has 24 heavy (non-hydrogen) atoms. The van der Waals surface area contributed by atoms with E-state index in [-0.39, 0.29) is 36.6 Å². The zero-order valence-electron chi connectivity index (χ0n) is 13.6. The molecule has 2 unspecified atom stereocenters. The van der Waals surface area contributed by atoms with Crippen molar-refractivity contribution in [2.75, 3.05) is 6.54 Å². The van der Waals surface area contributed by atoms with Gasteiger partial charge in [0.25, 0.3) is 0 Å². The van der Waals surface area contributed by atoms with Gasteiger partial charge in [-0.05, 0) is 35.7 Å². The van der Waals surface area contributed by atoms with Gasteiger partial charge >= 0.3 is 0 Å². The summed E-state index contributed by atoms with van der Waals surface area (Å²) in [6, 6.07) is 11.6. The smallest absolute Gasteiger partial charge is 0.224 e. The lowest BCUT2D eigenvalue weighted by Crippen LogP contribution is -2.36. The van der Waals surface area contributed by atoms with Crippen LogP contribution in [-0.4, -0.2) is 12.5 Å². The van der Waals surface area contributed by atoms with Crippen molar-refractivity contribution in [3.63, 3.8) is 0 Å². The van der Waals surface area contributed by atoms with Gasteiger partial charge in [-0.1, -0.05) is 48.9 Å². The maximum Gasteiger partial charge on any atom is 0.224 e. The Kier molecular flexibility index (Phi) is 7.67. The quantitative estimate of drug-likeness (QED) is 0.835. The average Bonchev–Trinajstić information content (AvgIpc) is 2.55. The summed E-state index contributed by atoms with van der Waals surface area (Å²) >= 11 is 6.29. The van der Waals surface area contributed by atoms with E-state index in [9.17, 15) is 9.18 Å². The minimum atomic E-state index is -0.454. The summed E-state index contributed by atoms with van der Waals surface area (Å²) < 4.78 is 13.6. The number of hydrogen-bond donors (Lipinski definition) is 2. The van der Waals surface area contributed by atoms with Crippen molar-refractivity contribution in [1.82, 2.24) is 5.32 Å². The second-order valence-corrected chi connectivity index (χ2v) is 6.02. The Morgan fingerprint density at radius 3 is 2.54 bits per heavy atom. The van der Waals surface area contributed by atoms with Crippen LogP contribution in [0.5, 0.6) is 0 Å². The van der Waals surface area contributed by atoms with Crippen LogP contribution < -0.4 is 11.1 Å². The lowest BCUT2D eigenvalue weighted by atomic mass is 9.96. The summed E-state index contributed by atoms with van der Waals surface area (Å²) in [6.07, 6.45) is 0. The van der Waals surface area contributed by atoms with E-state index in [1.807, 2.05) is 18.2 Å². The number of carbonyl (C=O) groups excluding carboxylic acids is 1. The third kappa shape index (κ3) is 4.69. The predicted octanol–water partition coefficient (Wildman–Crippen LogP) is 4.01. The highest BCUT2D eigenvalue weighted by Gasteiger charge is 2.22. The Morgan fingerprint density at radius 2 is 1.96 bits per heavy atom. The van der Waals surface area contributed by atoms with Crippen molar-refractivity contribution >= 4 is 29.9 Å². The van der Waals surface area contributed by atoms with Gasteiger partial charge in [0.2, 0.25) is 5.91 Å². The summed E-state index contributed by atoms with van der Waals surface area (Å²) in [5.41, 5.74) is 7.61. The first-order valence-electron chi connectivity index (χ1n) is 7.45. The largest absolute Gasteiger partial charge is 0.345 e. The zero-order chi connectivity index (χ0) is 17.0. The Labute approximate surface area is 152 Å². The fraction of sp³-hybridized carbons (Fsp3) is 0.278. The third-order valence-corrected chi connectivity index (χ3v) is 4.16. The first kappa shape index (κ1) is 20.4. The second kappa shape index (κ2) is 9.02. The number of nitrogens with one attached hydrogen (secondary N) is 1. The van der Waals surface area contributed by atoms with Gasteiger partial charge < -0.3 is 11.1 Å². The molecule has 0 radical (unpaired) electrons. The van der Waals surface area contributed by atoms with Crippen LogP contribution in [0.4, 0.5) is 4.39 Å². The van der Waals surface area contributed by atoms with Gasteiger partial charge in [0.05, 0.1) is 6.04 Å². The number of hydrogen-bond acceptors (Lipinski definition) is 2. The molecule has 0 aromatic heterocycles. The molecule has 0 fully saturated rings. The van der Waals surface area contributed by atoms with Crippen LogP contribution in [-0.2, 0) is 4.79 Å². The van der Waals surface area contributed by atoms with Crippen LogP contribution in [0.3, 0.4) is 0 Å². The van der Waals surface area contributed by atoms with Crippen LogP contribution in [0.1, 0.15) is 29.7 Å². The maximum absolute atomic E-state index is 13.6. The van der Waals surface area contributed by atoms with Crippen LogP contribution in [0.25, 0.3) is 0 Å². The number of amides is 1. The standard InChI is InChI=1S/C18H20ClFN2O.ClH/c1-11-9-13(7-8-16(11)20)17(22-18(23)12(2)10-21)14-5-3-4-6-15(14)19;/h3-9,12,17H,10,21H2,1-2H3,(H,22,23);1H. The first-order chi connectivity index (χ1) is 10.9. The summed E-state index contributed by atoms with van der Waals surface area (Å²) in [7, 11) is 0. The van der Waals surface area contributed by atoms with E-state index >= 15 is 0 Å². The van der Waals surface area contributed by atoms with E-state index in [4.69, 9.17) is 17.3 Å². The minimum Gasteiger partial charge on any atom is -0.345 e. The van der Waals surface area contributed by atoms with Crippen molar-refractivity contribution < 1.29 is 9.18 Å². The molecular weight excluding hydrogens is 350 g/mol. The van der Waals surface area contributed by atoms with Gasteiger partial charge in [0.1, 0.15) is 5.82 Å². The molecule has 0 aliphatic heterocycles. The summed E-state index contributed by atoms with van der Waals surface area (Å²) in [5, 5.41) is 3.50. The number of carbonyl (C=O) groups is 1. The molecule has 2 aromatic carbocycles. The molecule has 2 aromatic rings. The normalized spacial score (nSPS) is 12.9. The molecule has 0 saturated carbocycles. The molecule has 0 heterocycles. The van der Waals surface area contributed by atoms with E-state index in [1.54, 1.807) is 32.0 Å². The molecule has 130 valence electrons. The Morgan fingerprint density at radius 1 is 1.29 bits per heavy atom. The van der Waals surface area contributed by atoms with Crippen molar-refractivity contribution in [1.29, 1.82) is 0 Å². The molecule has 0 bridgehead atoms. The average molecular weight is 371 g/mol. The predicted molar refractivity (Wildman–Crippen MR) is 98.0 cm³/mol. The topological polar surface area (TPSA) is 55.1 Å². The molecule has 3 N–H and O–H groups in total. The lowest BCUT2D eigenvalue weighted by molar-refractivity contribution is -0.124. The summed E-state index contributed by atoms with van der Waals surface area (Å²) in [5.74, 6) is -0.769. The maximum atomic E-state index is 13.6. The molecule has 2 rings (SSSR count). The summed E-state index contributed by atoms with van der Waals surface area (Å²) in [6.45, 7) is 3.70. The molecule has 1 amide bonds. The van der Waals surface area contributed by atoms with Crippen molar-refractivity contribution in [3.8, 4) is 0 Å². The highest BCUT2D eigenvalue weighted by molar-refractivity contribution is 6.31. The molecule has 6 heteroatoms. The first-order valence-corrected chi connectivity index (χ1v) is 7.82. The fourth-order valence-corrected chi connectivity index (χ4v) is 2.53. The lowest BCUT2D eigenvalue weighted by Gasteiger charge is -2.23. The second-order valence-electron chi connectivity index (χ2n) is 5.61. The van der Waals surface area contributed by atoms with Crippen LogP contribution in [0.2, 0.25) is 5.02 Å². The number of nitrogens with two attached hydrogens (primary N) is 1. The van der Waals surface area contributed by atoms with Crippen LogP contribution in [0.15, 0.2) is 42.5 Å². The third-order valence-electron chi connectivity index (χ3n) is 3.82. The van der Waals surface area contributed by atoms with Gasteiger partial charge in [-0.2, -0.15) is 0 Å². The van der Waals surface area contributed by atoms with Gasteiger partial charge in [-0.15, -0.1) is 12.4 Å². The fourth-order valence-electron chi connectivity index (χ4n) is 2.29. The van der Waals surface area contributed by atoms with E-state index in [0.717, 1.165) is 11.1 Å². The zero-order valence-corrected chi connectivity index (χ0v) is 15.1. The van der Waals surface area contributed by atoms with E-state index in [0.29, 0.717) is 10.6 Å². The molecule has 0 saturated heterocycles. The molecule has 3 nitrogen and oxygen atoms in total. The van der Waals surface area contributed by atoms with Gasteiger partial charge in [-0.3, -0.25) is 4.79 Å². The van der Waals surface area contributed by atoms with Gasteiger partial charge in [-0.25, -0.2) is 4.39 Å². The monoisotopic (exact) mass is 370 g/mol. The van der Waals surface area contributed by atoms with Crippen molar-refractivity contribution in [3.05, 3.63) is 70.0 Å². The highest BCUT2D eigenvalue weighted by Crippen LogP contribution is 2.29. The molecular formula is C18H21Cl2FN2O. The van der Waals surface area contributed by atoms with Gasteiger partial charge in [0.15, 0.2) is 0 Å². The molecule has 2 atom stereocenters. The molecule has 0 aliphatic carbocycles. The van der Waals surface area contributed by atoms with Crippen molar-refractivity contribution in [2.24, 2.45) is 11.7 Å². The highest BCUT2D eigenvalue weighted by atomic mass is 35.5. The van der Waals surface area contributed by atoms with Crippen LogP contribution in [0, 0.1) is 18.7 Å². The van der Waals surface area contributed by atoms with E-state index in [2.05, 4.69) is 5.32 Å². The molecule has 0 spiro atoms. The number of halogens is 3. The Bertz CT molecular complexity index is 709. The Hall–Kier alpha value is -1.62. The minimum absolute atomic E-state index is 0. The van der Waals surface area contributed by atoms with E-state index < -0.39 is 6.04 Å². The Balaban J connectivity index is 0.00000288. The van der Waals surface area contributed by atoms with Gasteiger partial charge in [0, 0.05) is 17.5 Å².